The molecule has 0 aliphatic rings. The van der Waals surface area contributed by atoms with Crippen LogP contribution in [-0.4, -0.2) is 26.2 Å². The van der Waals surface area contributed by atoms with E-state index >= 15 is 0 Å². The van der Waals surface area contributed by atoms with Gasteiger partial charge in [-0.25, -0.2) is 9.97 Å². The summed E-state index contributed by atoms with van der Waals surface area (Å²) in [5, 5.41) is 2.80. The molecule has 2 amide bonds. The molecule has 0 fully saturated rings. The minimum Gasteiger partial charge on any atom is -0.364 e. The summed E-state index contributed by atoms with van der Waals surface area (Å²) in [4.78, 5) is 32.8. The zero-order valence-electron chi connectivity index (χ0n) is 14.2. The van der Waals surface area contributed by atoms with Crippen LogP contribution in [0.1, 0.15) is 21.0 Å². The fraction of sp³-hybridized carbons (Fsp3) is 0. The highest BCUT2D eigenvalue weighted by atomic mass is 16.2. The number of carbonyl (C=O) groups is 2. The predicted molar refractivity (Wildman–Crippen MR) is 101 cm³/mol. The van der Waals surface area contributed by atoms with Crippen LogP contribution in [0.15, 0.2) is 73.1 Å². The number of rotatable bonds is 4. The molecule has 0 bridgehead atoms. The third kappa shape index (κ3) is 3.13. The number of nitrogens with one attached hydrogen (secondary N) is 1. The predicted octanol–water partition coefficient (Wildman–Crippen LogP) is 2.75. The maximum Gasteiger partial charge on any atom is 0.274 e. The molecular weight excluding hydrogens is 342 g/mol. The van der Waals surface area contributed by atoms with Gasteiger partial charge in [0.25, 0.3) is 11.8 Å². The smallest absolute Gasteiger partial charge is 0.274 e. The molecule has 0 spiro atoms. The van der Waals surface area contributed by atoms with Crippen molar-refractivity contribution < 1.29 is 9.59 Å². The normalized spacial score (nSPS) is 10.7. The van der Waals surface area contributed by atoms with Gasteiger partial charge in [-0.1, -0.05) is 48.5 Å². The molecule has 0 radical (unpaired) electrons. The highest BCUT2D eigenvalue weighted by molar-refractivity contribution is 6.04. The lowest BCUT2D eigenvalue weighted by molar-refractivity contribution is 0.0993. The van der Waals surface area contributed by atoms with Gasteiger partial charge in [0.2, 0.25) is 0 Å². The molecule has 0 atom stereocenters. The molecule has 0 aliphatic carbocycles. The monoisotopic (exact) mass is 357 g/mol. The minimum atomic E-state index is -0.704. The number of para-hydroxylation sites is 1. The van der Waals surface area contributed by atoms with E-state index in [1.807, 2.05) is 48.5 Å². The lowest BCUT2D eigenvalue weighted by Crippen LogP contribution is -2.17. The fourth-order valence-electron chi connectivity index (χ4n) is 2.81. The molecule has 2 aromatic heterocycles. The van der Waals surface area contributed by atoms with Crippen molar-refractivity contribution >= 4 is 23.1 Å². The Bertz CT molecular complexity index is 1140. The average molecular weight is 357 g/mol. The van der Waals surface area contributed by atoms with Crippen molar-refractivity contribution in [1.29, 1.82) is 0 Å². The van der Waals surface area contributed by atoms with Crippen molar-refractivity contribution in [3.05, 3.63) is 84.4 Å². The number of nitrogens with two attached hydrogens (primary N) is 1. The van der Waals surface area contributed by atoms with E-state index in [-0.39, 0.29) is 17.0 Å². The molecule has 27 heavy (non-hydrogen) atoms. The first kappa shape index (κ1) is 16.5. The third-order valence-corrected chi connectivity index (χ3v) is 4.07. The Balaban J connectivity index is 1.87. The first-order chi connectivity index (χ1) is 13.1. The first-order valence-electron chi connectivity index (χ1n) is 8.23. The number of carbonyl (C=O) groups excluding carboxylic acids is 2. The molecule has 0 aliphatic heterocycles. The maximum atomic E-state index is 12.7. The Kier molecular flexibility index (Phi) is 4.10. The number of aromatic nitrogens is 3. The van der Waals surface area contributed by atoms with Gasteiger partial charge >= 0.3 is 0 Å². The second-order valence-corrected chi connectivity index (χ2v) is 5.86. The van der Waals surface area contributed by atoms with E-state index in [0.717, 1.165) is 5.56 Å². The highest BCUT2D eigenvalue weighted by Gasteiger charge is 2.19. The standard InChI is InChI=1S/C20H15N5O2/c21-18(26)17-19-24-15(20(27)23-14-9-5-2-6-10-14)11-16(25(19)12-22-17)13-7-3-1-4-8-13/h1-12H,(H2,21,26)(H,23,27). The van der Waals surface area contributed by atoms with Gasteiger partial charge in [-0.05, 0) is 23.8 Å². The van der Waals surface area contributed by atoms with Gasteiger partial charge in [-0.15, -0.1) is 0 Å². The van der Waals surface area contributed by atoms with Gasteiger partial charge < -0.3 is 11.1 Å². The summed E-state index contributed by atoms with van der Waals surface area (Å²) in [5.74, 6) is -1.10. The number of nitrogens with zero attached hydrogens (tertiary/aromatic N) is 3. The van der Waals surface area contributed by atoms with E-state index < -0.39 is 11.8 Å². The van der Waals surface area contributed by atoms with E-state index in [2.05, 4.69) is 15.3 Å². The summed E-state index contributed by atoms with van der Waals surface area (Å²) < 4.78 is 1.65. The van der Waals surface area contributed by atoms with Crippen LogP contribution in [0.2, 0.25) is 0 Å². The minimum absolute atomic E-state index is 0.0153. The molecule has 4 rings (SSSR count). The quantitative estimate of drug-likeness (QED) is 0.586. The van der Waals surface area contributed by atoms with E-state index in [4.69, 9.17) is 5.73 Å². The SMILES string of the molecule is NC(=O)c1ncn2c(-c3ccccc3)cc(C(=O)Nc3ccccc3)nc12. The Morgan fingerprint density at radius 3 is 2.30 bits per heavy atom. The summed E-state index contributed by atoms with van der Waals surface area (Å²) in [6.07, 6.45) is 1.48. The molecule has 0 saturated heterocycles. The van der Waals surface area contributed by atoms with Gasteiger partial charge in [0.1, 0.15) is 12.0 Å². The van der Waals surface area contributed by atoms with Crippen LogP contribution in [0.25, 0.3) is 16.9 Å². The van der Waals surface area contributed by atoms with Gasteiger partial charge in [0.15, 0.2) is 11.3 Å². The van der Waals surface area contributed by atoms with Crippen LogP contribution in [0.3, 0.4) is 0 Å². The van der Waals surface area contributed by atoms with Crippen LogP contribution >= 0.6 is 0 Å². The molecular formula is C20H15N5O2. The van der Waals surface area contributed by atoms with E-state index in [1.54, 1.807) is 22.6 Å². The summed E-state index contributed by atoms with van der Waals surface area (Å²) >= 11 is 0. The number of primary amides is 1. The number of fused-ring (bicyclic) bond motifs is 1. The van der Waals surface area contributed by atoms with Gasteiger partial charge in [0, 0.05) is 5.69 Å². The van der Waals surface area contributed by atoms with Crippen molar-refractivity contribution in [1.82, 2.24) is 14.4 Å². The van der Waals surface area contributed by atoms with Gasteiger partial charge in [0.05, 0.1) is 5.69 Å². The number of amides is 2. The lowest BCUT2D eigenvalue weighted by atomic mass is 10.1. The Morgan fingerprint density at radius 2 is 1.63 bits per heavy atom. The molecule has 7 heteroatoms. The number of benzene rings is 2. The van der Waals surface area contributed by atoms with E-state index in [1.165, 1.54) is 6.33 Å². The fourth-order valence-corrected chi connectivity index (χ4v) is 2.81. The average Bonchev–Trinajstić information content (AvgIpc) is 3.13. The largest absolute Gasteiger partial charge is 0.364 e. The summed E-state index contributed by atoms with van der Waals surface area (Å²) in [5.41, 5.74) is 8.00. The van der Waals surface area contributed by atoms with Gasteiger partial charge in [-0.2, -0.15) is 0 Å². The first-order valence-corrected chi connectivity index (χ1v) is 8.23. The van der Waals surface area contributed by atoms with Crippen LogP contribution in [0.4, 0.5) is 5.69 Å². The second-order valence-electron chi connectivity index (χ2n) is 5.86. The molecule has 2 aromatic carbocycles. The topological polar surface area (TPSA) is 102 Å². The summed E-state index contributed by atoms with van der Waals surface area (Å²) in [7, 11) is 0. The highest BCUT2D eigenvalue weighted by Crippen LogP contribution is 2.23. The molecule has 4 aromatic rings. The van der Waals surface area contributed by atoms with Crippen molar-refractivity contribution in [2.45, 2.75) is 0 Å². The van der Waals surface area contributed by atoms with Crippen molar-refractivity contribution in [3.8, 4) is 11.3 Å². The number of hydrogen-bond donors (Lipinski definition) is 2. The number of hydrogen-bond acceptors (Lipinski definition) is 4. The molecule has 0 saturated carbocycles. The molecule has 3 N–H and O–H groups in total. The van der Waals surface area contributed by atoms with Gasteiger partial charge in [-0.3, -0.25) is 14.0 Å². The Labute approximate surface area is 154 Å². The second kappa shape index (κ2) is 6.72. The van der Waals surface area contributed by atoms with Crippen LogP contribution in [0.5, 0.6) is 0 Å². The van der Waals surface area contributed by atoms with Crippen molar-refractivity contribution in [2.24, 2.45) is 5.73 Å². The van der Waals surface area contributed by atoms with Crippen molar-refractivity contribution in [3.63, 3.8) is 0 Å². The number of imidazole rings is 1. The summed E-state index contributed by atoms with van der Waals surface area (Å²) in [6, 6.07) is 20.2. The van der Waals surface area contributed by atoms with E-state index in [9.17, 15) is 9.59 Å². The lowest BCUT2D eigenvalue weighted by Gasteiger charge is -2.10. The zero-order chi connectivity index (χ0) is 18.8. The third-order valence-electron chi connectivity index (χ3n) is 4.07. The van der Waals surface area contributed by atoms with Crippen LogP contribution in [0, 0.1) is 0 Å². The van der Waals surface area contributed by atoms with Crippen LogP contribution in [-0.2, 0) is 0 Å². The van der Waals surface area contributed by atoms with Crippen molar-refractivity contribution in [2.75, 3.05) is 5.32 Å². The van der Waals surface area contributed by atoms with E-state index in [0.29, 0.717) is 11.4 Å². The molecule has 0 unspecified atom stereocenters. The molecule has 132 valence electrons. The number of anilines is 1. The molecule has 7 nitrogen and oxygen atoms in total. The summed E-state index contributed by atoms with van der Waals surface area (Å²) in [6.45, 7) is 0. The van der Waals surface area contributed by atoms with Crippen LogP contribution < -0.4 is 11.1 Å². The Hall–Kier alpha value is -4.00. The maximum absolute atomic E-state index is 12.7. The molecule has 2 heterocycles. The Morgan fingerprint density at radius 1 is 0.963 bits per heavy atom. The zero-order valence-corrected chi connectivity index (χ0v) is 14.2.